The Hall–Kier alpha value is -3.72. The maximum Gasteiger partial charge on any atom is 0.264 e. The van der Waals surface area contributed by atoms with Crippen LogP contribution in [0.1, 0.15) is 38.8 Å². The van der Waals surface area contributed by atoms with Crippen LogP contribution in [0.2, 0.25) is 0 Å². The molecule has 202 valence electrons. The third kappa shape index (κ3) is 7.19. The molecule has 1 N–H and O–H groups in total. The lowest BCUT2D eigenvalue weighted by molar-refractivity contribution is -0.139. The van der Waals surface area contributed by atoms with E-state index in [0.29, 0.717) is 11.3 Å². The lowest BCUT2D eigenvalue weighted by Crippen LogP contribution is -2.52. The van der Waals surface area contributed by atoms with Crippen LogP contribution >= 0.6 is 0 Å². The Bertz CT molecular complexity index is 1330. The van der Waals surface area contributed by atoms with Crippen molar-refractivity contribution in [3.63, 3.8) is 0 Å². The number of anilines is 1. The molecule has 0 aliphatic carbocycles. The number of halogens is 1. The minimum Gasteiger partial charge on any atom is -0.352 e. The van der Waals surface area contributed by atoms with Crippen molar-refractivity contribution in [1.82, 2.24) is 10.2 Å². The molecule has 0 bridgehead atoms. The van der Waals surface area contributed by atoms with E-state index in [1.54, 1.807) is 37.3 Å². The zero-order chi connectivity index (χ0) is 27.9. The first kappa shape index (κ1) is 28.8. The summed E-state index contributed by atoms with van der Waals surface area (Å²) < 4.78 is 42.0. The molecule has 1 unspecified atom stereocenters. The minimum atomic E-state index is -4.11. The maximum absolute atomic E-state index is 13.8. The van der Waals surface area contributed by atoms with E-state index >= 15 is 0 Å². The first-order valence-corrected chi connectivity index (χ1v) is 14.0. The number of rotatable bonds is 11. The fraction of sp³-hybridized carbons (Fsp3) is 0.310. The van der Waals surface area contributed by atoms with Crippen molar-refractivity contribution >= 4 is 27.5 Å². The fourth-order valence-electron chi connectivity index (χ4n) is 3.92. The largest absolute Gasteiger partial charge is 0.352 e. The molecule has 7 nitrogen and oxygen atoms in total. The van der Waals surface area contributed by atoms with Gasteiger partial charge in [0, 0.05) is 12.6 Å². The summed E-state index contributed by atoms with van der Waals surface area (Å²) in [5, 5.41) is 2.80. The second-order valence-electron chi connectivity index (χ2n) is 9.33. The molecule has 0 spiro atoms. The van der Waals surface area contributed by atoms with Gasteiger partial charge in [-0.05, 0) is 74.7 Å². The Labute approximate surface area is 224 Å². The second-order valence-corrected chi connectivity index (χ2v) is 11.2. The van der Waals surface area contributed by atoms with Crippen molar-refractivity contribution < 1.29 is 22.4 Å². The van der Waals surface area contributed by atoms with Gasteiger partial charge in [0.25, 0.3) is 10.0 Å². The Kier molecular flexibility index (Phi) is 9.63. The normalized spacial score (nSPS) is 12.2. The summed E-state index contributed by atoms with van der Waals surface area (Å²) in [4.78, 5) is 28.1. The molecule has 0 aromatic heterocycles. The highest BCUT2D eigenvalue weighted by Gasteiger charge is 2.32. The standard InChI is InChI=1S/C29H34FN3O4S/c1-5-23-13-17-26(18-14-23)33(38(36,37)27-9-7-6-8-10-27)20-28(34)32(22(4)29(35)31-21(2)3)19-24-11-15-25(30)16-12-24/h6-18,21-22H,5,19-20H2,1-4H3,(H,31,35). The van der Waals surface area contributed by atoms with Crippen molar-refractivity contribution in [3.05, 3.63) is 95.8 Å². The molecule has 9 heteroatoms. The number of hydrogen-bond donors (Lipinski definition) is 1. The van der Waals surface area contributed by atoms with Gasteiger partial charge in [-0.15, -0.1) is 0 Å². The highest BCUT2D eigenvalue weighted by atomic mass is 32.2. The smallest absolute Gasteiger partial charge is 0.264 e. The van der Waals surface area contributed by atoms with Crippen LogP contribution in [0.3, 0.4) is 0 Å². The van der Waals surface area contributed by atoms with Gasteiger partial charge in [0.05, 0.1) is 10.6 Å². The third-order valence-electron chi connectivity index (χ3n) is 6.11. The zero-order valence-electron chi connectivity index (χ0n) is 22.1. The number of carbonyl (C=O) groups excluding carboxylic acids is 2. The molecule has 0 saturated heterocycles. The molecule has 3 aromatic carbocycles. The maximum atomic E-state index is 13.8. The predicted molar refractivity (Wildman–Crippen MR) is 146 cm³/mol. The summed E-state index contributed by atoms with van der Waals surface area (Å²) in [6.45, 7) is 6.68. The molecule has 2 amide bonds. The lowest BCUT2D eigenvalue weighted by atomic mass is 10.1. The summed E-state index contributed by atoms with van der Waals surface area (Å²) >= 11 is 0. The molecule has 0 aliphatic rings. The average molecular weight is 540 g/mol. The van der Waals surface area contributed by atoms with Gasteiger partial charge in [0.15, 0.2) is 0 Å². The highest BCUT2D eigenvalue weighted by molar-refractivity contribution is 7.92. The van der Waals surface area contributed by atoms with E-state index in [-0.39, 0.29) is 23.4 Å². The number of sulfonamides is 1. The predicted octanol–water partition coefficient (Wildman–Crippen LogP) is 4.53. The quantitative estimate of drug-likeness (QED) is 0.388. The number of amides is 2. The highest BCUT2D eigenvalue weighted by Crippen LogP contribution is 2.25. The first-order valence-electron chi connectivity index (χ1n) is 12.5. The zero-order valence-corrected chi connectivity index (χ0v) is 22.9. The molecular weight excluding hydrogens is 505 g/mol. The molecule has 0 saturated carbocycles. The minimum absolute atomic E-state index is 0.000206. The number of hydrogen-bond acceptors (Lipinski definition) is 4. The van der Waals surface area contributed by atoms with Gasteiger partial charge in [0.1, 0.15) is 18.4 Å². The summed E-state index contributed by atoms with van der Waals surface area (Å²) in [5.74, 6) is -1.37. The van der Waals surface area contributed by atoms with Crippen molar-refractivity contribution in [3.8, 4) is 0 Å². The van der Waals surface area contributed by atoms with E-state index in [0.717, 1.165) is 16.3 Å². The van der Waals surface area contributed by atoms with E-state index in [2.05, 4.69) is 5.32 Å². The SMILES string of the molecule is CCc1ccc(N(CC(=O)N(Cc2ccc(F)cc2)C(C)C(=O)NC(C)C)S(=O)(=O)c2ccccc2)cc1. The molecule has 38 heavy (non-hydrogen) atoms. The van der Waals surface area contributed by atoms with Gasteiger partial charge in [-0.1, -0.05) is 49.4 Å². The number of nitrogens with one attached hydrogen (secondary N) is 1. The topological polar surface area (TPSA) is 86.8 Å². The third-order valence-corrected chi connectivity index (χ3v) is 7.90. The summed E-state index contributed by atoms with van der Waals surface area (Å²) in [5.41, 5.74) is 1.96. The van der Waals surface area contributed by atoms with Crippen LogP contribution in [0.25, 0.3) is 0 Å². The first-order chi connectivity index (χ1) is 18.0. The Morgan fingerprint density at radius 2 is 1.45 bits per heavy atom. The van der Waals surface area contributed by atoms with E-state index in [1.165, 1.54) is 41.3 Å². The summed E-state index contributed by atoms with van der Waals surface area (Å²) in [7, 11) is -4.11. The van der Waals surface area contributed by atoms with Gasteiger partial charge < -0.3 is 10.2 Å². The van der Waals surface area contributed by atoms with Gasteiger partial charge in [-0.25, -0.2) is 12.8 Å². The van der Waals surface area contributed by atoms with Gasteiger partial charge >= 0.3 is 0 Å². The lowest BCUT2D eigenvalue weighted by Gasteiger charge is -2.32. The summed E-state index contributed by atoms with van der Waals surface area (Å²) in [6.07, 6.45) is 0.776. The number of aryl methyl sites for hydroxylation is 1. The van der Waals surface area contributed by atoms with Crippen LogP contribution in [0, 0.1) is 5.82 Å². The number of nitrogens with zero attached hydrogens (tertiary/aromatic N) is 2. The van der Waals surface area contributed by atoms with Gasteiger partial charge in [-0.3, -0.25) is 13.9 Å². The van der Waals surface area contributed by atoms with Crippen molar-refractivity contribution in [2.24, 2.45) is 0 Å². The van der Waals surface area contributed by atoms with Crippen molar-refractivity contribution in [1.29, 1.82) is 0 Å². The fourth-order valence-corrected chi connectivity index (χ4v) is 5.36. The average Bonchev–Trinajstić information content (AvgIpc) is 2.91. The van der Waals surface area contributed by atoms with Crippen LogP contribution < -0.4 is 9.62 Å². The molecule has 0 aliphatic heterocycles. The molecule has 0 fully saturated rings. The molecule has 1 atom stereocenters. The molecule has 0 radical (unpaired) electrons. The van der Waals surface area contributed by atoms with E-state index in [1.807, 2.05) is 32.9 Å². The van der Waals surface area contributed by atoms with Crippen molar-refractivity contribution in [2.45, 2.75) is 57.6 Å². The van der Waals surface area contributed by atoms with Crippen LogP contribution in [-0.4, -0.2) is 43.8 Å². The summed E-state index contributed by atoms with van der Waals surface area (Å²) in [6, 6.07) is 19.4. The Balaban J connectivity index is 2.01. The van der Waals surface area contributed by atoms with Crippen LogP contribution in [0.4, 0.5) is 10.1 Å². The molecule has 0 heterocycles. The van der Waals surface area contributed by atoms with Crippen LogP contribution in [-0.2, 0) is 32.6 Å². The van der Waals surface area contributed by atoms with Crippen molar-refractivity contribution in [2.75, 3.05) is 10.8 Å². The molecular formula is C29H34FN3O4S. The van der Waals surface area contributed by atoms with E-state index < -0.39 is 34.3 Å². The number of benzene rings is 3. The van der Waals surface area contributed by atoms with E-state index in [4.69, 9.17) is 0 Å². The van der Waals surface area contributed by atoms with Crippen LogP contribution in [0.15, 0.2) is 83.8 Å². The van der Waals surface area contributed by atoms with E-state index in [9.17, 15) is 22.4 Å². The van der Waals surface area contributed by atoms with Gasteiger partial charge in [-0.2, -0.15) is 0 Å². The number of carbonyl (C=O) groups is 2. The Morgan fingerprint density at radius 3 is 2.00 bits per heavy atom. The van der Waals surface area contributed by atoms with Crippen LogP contribution in [0.5, 0.6) is 0 Å². The molecule has 3 aromatic rings. The Morgan fingerprint density at radius 1 is 0.868 bits per heavy atom. The molecule has 3 rings (SSSR count). The monoisotopic (exact) mass is 539 g/mol. The van der Waals surface area contributed by atoms with Gasteiger partial charge in [0.2, 0.25) is 11.8 Å². The second kappa shape index (κ2) is 12.7.